The Morgan fingerprint density at radius 2 is 1.87 bits per heavy atom. The van der Waals surface area contributed by atoms with Gasteiger partial charge in [0.15, 0.2) is 0 Å². The molecule has 1 aromatic carbocycles. The summed E-state index contributed by atoms with van der Waals surface area (Å²) in [6.45, 7) is 7.03. The monoisotopic (exact) mass is 207 g/mol. The average Bonchev–Trinajstić information content (AvgIpc) is 2.27. The minimum absolute atomic E-state index is 0.0930. The molecule has 0 bridgehead atoms. The molecule has 0 aliphatic carbocycles. The molecule has 15 heavy (non-hydrogen) atoms. The van der Waals surface area contributed by atoms with E-state index in [1.807, 2.05) is 30.3 Å². The normalized spacial score (nSPS) is 13.9. The summed E-state index contributed by atoms with van der Waals surface area (Å²) < 4.78 is 0. The van der Waals surface area contributed by atoms with E-state index in [9.17, 15) is 5.11 Å². The van der Waals surface area contributed by atoms with Crippen LogP contribution in [0.5, 0.6) is 0 Å². The van der Waals surface area contributed by atoms with Gasteiger partial charge in [0, 0.05) is 12.1 Å². The first-order chi connectivity index (χ1) is 7.05. The van der Waals surface area contributed by atoms with Gasteiger partial charge < -0.3 is 10.4 Å². The summed E-state index contributed by atoms with van der Waals surface area (Å²) in [6, 6.07) is 9.75. The summed E-state index contributed by atoms with van der Waals surface area (Å²) in [5, 5.41) is 13.3. The van der Waals surface area contributed by atoms with Gasteiger partial charge in [0.25, 0.3) is 0 Å². The summed E-state index contributed by atoms with van der Waals surface area (Å²) in [5.74, 6) is 0. The van der Waals surface area contributed by atoms with Crippen molar-refractivity contribution in [2.45, 2.75) is 38.8 Å². The second-order valence-corrected chi connectivity index (χ2v) is 4.54. The quantitative estimate of drug-likeness (QED) is 0.777. The molecule has 0 unspecified atom stereocenters. The topological polar surface area (TPSA) is 32.3 Å². The van der Waals surface area contributed by atoms with E-state index in [2.05, 4.69) is 26.1 Å². The Morgan fingerprint density at radius 1 is 1.27 bits per heavy atom. The van der Waals surface area contributed by atoms with Gasteiger partial charge in [-0.05, 0) is 25.8 Å². The first-order valence-electron chi connectivity index (χ1n) is 5.53. The highest BCUT2D eigenvalue weighted by Gasteiger charge is 2.16. The van der Waals surface area contributed by atoms with Crippen molar-refractivity contribution < 1.29 is 5.11 Å². The fourth-order valence-electron chi connectivity index (χ4n) is 1.29. The van der Waals surface area contributed by atoms with Crippen LogP contribution in [0.1, 0.15) is 38.9 Å². The predicted octanol–water partition coefficient (Wildman–Crippen LogP) is 2.50. The van der Waals surface area contributed by atoms with Crippen LogP contribution in [0.3, 0.4) is 0 Å². The van der Waals surface area contributed by atoms with Gasteiger partial charge in [-0.25, -0.2) is 0 Å². The molecule has 0 saturated carbocycles. The third-order valence-electron chi connectivity index (χ3n) is 2.84. The predicted molar refractivity (Wildman–Crippen MR) is 63.8 cm³/mol. The van der Waals surface area contributed by atoms with Crippen molar-refractivity contribution in [1.82, 2.24) is 5.32 Å². The number of rotatable bonds is 5. The van der Waals surface area contributed by atoms with E-state index in [1.165, 1.54) is 0 Å². The third-order valence-corrected chi connectivity index (χ3v) is 2.84. The van der Waals surface area contributed by atoms with Crippen molar-refractivity contribution in [3.8, 4) is 0 Å². The zero-order valence-corrected chi connectivity index (χ0v) is 9.83. The number of hydrogen-bond acceptors (Lipinski definition) is 2. The fourth-order valence-corrected chi connectivity index (χ4v) is 1.29. The molecule has 0 aromatic heterocycles. The van der Waals surface area contributed by atoms with Gasteiger partial charge in [-0.2, -0.15) is 0 Å². The summed E-state index contributed by atoms with van der Waals surface area (Å²) in [6.07, 6.45) is 0.631. The summed E-state index contributed by atoms with van der Waals surface area (Å²) >= 11 is 0. The molecule has 0 saturated heterocycles. The van der Waals surface area contributed by atoms with Gasteiger partial charge in [0.1, 0.15) is 0 Å². The number of aliphatic hydroxyl groups is 1. The maximum Gasteiger partial charge on any atom is 0.0914 e. The molecule has 1 rings (SSSR count). The molecule has 0 radical (unpaired) electrons. The second kappa shape index (κ2) is 5.29. The highest BCUT2D eigenvalue weighted by atomic mass is 16.3. The lowest BCUT2D eigenvalue weighted by Crippen LogP contribution is -2.40. The van der Waals surface area contributed by atoms with Crippen molar-refractivity contribution in [2.75, 3.05) is 6.54 Å². The lowest BCUT2D eigenvalue weighted by atomic mass is 10.0. The third kappa shape index (κ3) is 4.02. The van der Waals surface area contributed by atoms with Crippen LogP contribution in [-0.4, -0.2) is 17.2 Å². The maximum atomic E-state index is 9.92. The van der Waals surface area contributed by atoms with E-state index in [-0.39, 0.29) is 5.54 Å². The molecule has 0 aliphatic heterocycles. The average molecular weight is 207 g/mol. The van der Waals surface area contributed by atoms with Crippen LogP contribution >= 0.6 is 0 Å². The summed E-state index contributed by atoms with van der Waals surface area (Å²) in [4.78, 5) is 0. The lowest BCUT2D eigenvalue weighted by Gasteiger charge is -2.26. The molecule has 2 nitrogen and oxygen atoms in total. The Kier molecular flexibility index (Phi) is 4.30. The second-order valence-electron chi connectivity index (χ2n) is 4.54. The van der Waals surface area contributed by atoms with E-state index in [4.69, 9.17) is 0 Å². The van der Waals surface area contributed by atoms with E-state index in [0.717, 1.165) is 12.0 Å². The van der Waals surface area contributed by atoms with Crippen LogP contribution in [0.15, 0.2) is 30.3 Å². The molecule has 0 amide bonds. The molecule has 0 aliphatic rings. The zero-order valence-electron chi connectivity index (χ0n) is 9.83. The Bertz CT molecular complexity index is 282. The minimum Gasteiger partial charge on any atom is -0.387 e. The van der Waals surface area contributed by atoms with E-state index in [1.54, 1.807) is 0 Å². The summed E-state index contributed by atoms with van der Waals surface area (Å²) in [5.41, 5.74) is 1.06. The van der Waals surface area contributed by atoms with Gasteiger partial charge in [-0.3, -0.25) is 0 Å². The van der Waals surface area contributed by atoms with E-state index < -0.39 is 6.10 Å². The minimum atomic E-state index is -0.419. The van der Waals surface area contributed by atoms with Crippen LogP contribution in [-0.2, 0) is 0 Å². The number of benzene rings is 1. The van der Waals surface area contributed by atoms with Crippen LogP contribution in [0.4, 0.5) is 0 Å². The standard InChI is InChI=1S/C13H21NO/c1-4-13(2,3)14-10-12(15)11-8-6-5-7-9-11/h5-9,12,14-15H,4,10H2,1-3H3/t12-/m1/s1. The molecule has 84 valence electrons. The van der Waals surface area contributed by atoms with Gasteiger partial charge in [-0.15, -0.1) is 0 Å². The highest BCUT2D eigenvalue weighted by molar-refractivity contribution is 5.17. The molecule has 1 atom stereocenters. The maximum absolute atomic E-state index is 9.92. The van der Waals surface area contributed by atoms with Crippen LogP contribution < -0.4 is 5.32 Å². The van der Waals surface area contributed by atoms with Crippen LogP contribution in [0.25, 0.3) is 0 Å². The molecular weight excluding hydrogens is 186 g/mol. The molecule has 1 aromatic rings. The first kappa shape index (κ1) is 12.2. The molecule has 0 heterocycles. The number of β-amino-alcohol motifs (C(OH)–C–C–N with tert-alkyl or cyclic N) is 1. The van der Waals surface area contributed by atoms with Crippen LogP contribution in [0, 0.1) is 0 Å². The van der Waals surface area contributed by atoms with Gasteiger partial charge in [0.2, 0.25) is 0 Å². The Labute approximate surface area is 92.3 Å². The molecule has 2 heteroatoms. The number of aliphatic hydroxyl groups excluding tert-OH is 1. The molecule has 0 spiro atoms. The summed E-state index contributed by atoms with van der Waals surface area (Å²) in [7, 11) is 0. The van der Waals surface area contributed by atoms with E-state index in [0.29, 0.717) is 6.54 Å². The van der Waals surface area contributed by atoms with Crippen molar-refractivity contribution >= 4 is 0 Å². The van der Waals surface area contributed by atoms with Crippen molar-refractivity contribution in [1.29, 1.82) is 0 Å². The van der Waals surface area contributed by atoms with E-state index >= 15 is 0 Å². The smallest absolute Gasteiger partial charge is 0.0914 e. The van der Waals surface area contributed by atoms with Gasteiger partial charge in [0.05, 0.1) is 6.10 Å². The van der Waals surface area contributed by atoms with Crippen molar-refractivity contribution in [2.24, 2.45) is 0 Å². The number of nitrogens with one attached hydrogen (secondary N) is 1. The largest absolute Gasteiger partial charge is 0.387 e. The highest BCUT2D eigenvalue weighted by Crippen LogP contribution is 2.13. The Balaban J connectivity index is 2.47. The molecule has 0 fully saturated rings. The SMILES string of the molecule is CCC(C)(C)NC[C@@H](O)c1ccccc1. The number of hydrogen-bond donors (Lipinski definition) is 2. The fraction of sp³-hybridized carbons (Fsp3) is 0.538. The van der Waals surface area contributed by atoms with Gasteiger partial charge in [-0.1, -0.05) is 37.3 Å². The first-order valence-corrected chi connectivity index (χ1v) is 5.53. The molecular formula is C13H21NO. The molecule has 2 N–H and O–H groups in total. The lowest BCUT2D eigenvalue weighted by molar-refractivity contribution is 0.160. The zero-order chi connectivity index (χ0) is 11.3. The van der Waals surface area contributed by atoms with Gasteiger partial charge >= 0.3 is 0 Å². The van der Waals surface area contributed by atoms with Crippen molar-refractivity contribution in [3.05, 3.63) is 35.9 Å². The van der Waals surface area contributed by atoms with Crippen molar-refractivity contribution in [3.63, 3.8) is 0 Å². The van der Waals surface area contributed by atoms with Crippen LogP contribution in [0.2, 0.25) is 0 Å². The Hall–Kier alpha value is -0.860. The Morgan fingerprint density at radius 3 is 2.40 bits per heavy atom.